The SMILES string of the molecule is COC(=O)c1ccc(-c2cn[nH]c2)c(OC(F)F)c1. The molecule has 100 valence electrons. The van der Waals surface area contributed by atoms with Crippen molar-refractivity contribution < 1.29 is 23.0 Å². The fourth-order valence-electron chi connectivity index (χ4n) is 1.60. The van der Waals surface area contributed by atoms with E-state index in [1.54, 1.807) is 0 Å². The van der Waals surface area contributed by atoms with Crippen molar-refractivity contribution in [3.8, 4) is 16.9 Å². The fourth-order valence-corrected chi connectivity index (χ4v) is 1.60. The molecule has 2 rings (SSSR count). The lowest BCUT2D eigenvalue weighted by atomic mass is 10.1. The van der Waals surface area contributed by atoms with Crippen LogP contribution < -0.4 is 4.74 Å². The predicted octanol–water partition coefficient (Wildman–Crippen LogP) is 2.46. The van der Waals surface area contributed by atoms with Crippen LogP contribution in [-0.2, 0) is 4.74 Å². The number of methoxy groups -OCH3 is 1. The summed E-state index contributed by atoms with van der Waals surface area (Å²) in [6.07, 6.45) is 3.00. The molecule has 1 heterocycles. The number of alkyl halides is 2. The van der Waals surface area contributed by atoms with Crippen LogP contribution in [0.2, 0.25) is 0 Å². The Morgan fingerprint density at radius 1 is 1.42 bits per heavy atom. The molecule has 0 saturated heterocycles. The summed E-state index contributed by atoms with van der Waals surface area (Å²) in [6.45, 7) is -2.99. The first-order valence-corrected chi connectivity index (χ1v) is 5.28. The number of esters is 1. The van der Waals surface area contributed by atoms with Gasteiger partial charge in [-0.25, -0.2) is 4.79 Å². The van der Waals surface area contributed by atoms with E-state index in [-0.39, 0.29) is 11.3 Å². The minimum atomic E-state index is -2.99. The first kappa shape index (κ1) is 13.0. The van der Waals surface area contributed by atoms with Crippen molar-refractivity contribution >= 4 is 5.97 Å². The van der Waals surface area contributed by atoms with E-state index in [4.69, 9.17) is 0 Å². The van der Waals surface area contributed by atoms with E-state index >= 15 is 0 Å². The van der Waals surface area contributed by atoms with E-state index in [0.717, 1.165) is 0 Å². The van der Waals surface area contributed by atoms with Gasteiger partial charge in [-0.1, -0.05) is 0 Å². The summed E-state index contributed by atoms with van der Waals surface area (Å²) in [5.41, 5.74) is 1.11. The standard InChI is InChI=1S/C12H10F2N2O3/c1-18-11(17)7-2-3-9(8-5-15-16-6-8)10(4-7)19-12(13)14/h2-6,12H,1H3,(H,15,16). The maximum Gasteiger partial charge on any atom is 0.387 e. The summed E-state index contributed by atoms with van der Waals surface area (Å²) in [6, 6.07) is 4.17. The number of aromatic amines is 1. The molecule has 0 aliphatic heterocycles. The zero-order valence-electron chi connectivity index (χ0n) is 9.89. The van der Waals surface area contributed by atoms with Crippen LogP contribution in [0.3, 0.4) is 0 Å². The molecule has 0 bridgehead atoms. The third kappa shape index (κ3) is 2.87. The molecule has 7 heteroatoms. The minimum Gasteiger partial charge on any atom is -0.465 e. The Bertz CT molecular complexity index is 570. The number of H-pyrrole nitrogens is 1. The summed E-state index contributed by atoms with van der Waals surface area (Å²) in [5.74, 6) is -0.739. The number of rotatable bonds is 4. The second-order valence-corrected chi connectivity index (χ2v) is 3.57. The van der Waals surface area contributed by atoms with Gasteiger partial charge in [-0.2, -0.15) is 13.9 Å². The number of hydrogen-bond acceptors (Lipinski definition) is 4. The minimum absolute atomic E-state index is 0.112. The molecular weight excluding hydrogens is 258 g/mol. The van der Waals surface area contributed by atoms with Gasteiger partial charge in [-0.05, 0) is 18.2 Å². The first-order chi connectivity index (χ1) is 9.11. The molecule has 2 aromatic rings. The topological polar surface area (TPSA) is 64.2 Å². The van der Waals surface area contributed by atoms with Crippen LogP contribution in [0.1, 0.15) is 10.4 Å². The molecule has 5 nitrogen and oxygen atoms in total. The first-order valence-electron chi connectivity index (χ1n) is 5.28. The van der Waals surface area contributed by atoms with Crippen LogP contribution in [-0.4, -0.2) is 29.9 Å². The highest BCUT2D eigenvalue weighted by Crippen LogP contribution is 2.31. The van der Waals surface area contributed by atoms with Gasteiger partial charge in [0, 0.05) is 17.3 Å². The van der Waals surface area contributed by atoms with Gasteiger partial charge in [0.15, 0.2) is 0 Å². The zero-order chi connectivity index (χ0) is 13.8. The van der Waals surface area contributed by atoms with Gasteiger partial charge < -0.3 is 9.47 Å². The molecule has 19 heavy (non-hydrogen) atoms. The highest BCUT2D eigenvalue weighted by atomic mass is 19.3. The summed E-state index contributed by atoms with van der Waals surface area (Å²) < 4.78 is 33.7. The van der Waals surface area contributed by atoms with E-state index < -0.39 is 12.6 Å². The van der Waals surface area contributed by atoms with E-state index in [2.05, 4.69) is 19.7 Å². The lowest BCUT2D eigenvalue weighted by molar-refractivity contribution is -0.0495. The monoisotopic (exact) mass is 268 g/mol. The van der Waals surface area contributed by atoms with Crippen LogP contribution in [0, 0.1) is 0 Å². The van der Waals surface area contributed by atoms with E-state index in [1.165, 1.54) is 37.7 Å². The van der Waals surface area contributed by atoms with Crippen molar-refractivity contribution in [2.45, 2.75) is 6.61 Å². The molecule has 0 aliphatic rings. The Hall–Kier alpha value is -2.44. The molecule has 0 aliphatic carbocycles. The molecule has 0 radical (unpaired) electrons. The smallest absolute Gasteiger partial charge is 0.387 e. The van der Waals surface area contributed by atoms with Gasteiger partial charge in [0.25, 0.3) is 0 Å². The number of halogens is 2. The fraction of sp³-hybridized carbons (Fsp3) is 0.167. The maximum absolute atomic E-state index is 12.4. The van der Waals surface area contributed by atoms with Crippen molar-refractivity contribution in [2.24, 2.45) is 0 Å². The molecule has 1 aromatic heterocycles. The van der Waals surface area contributed by atoms with Crippen LogP contribution in [0.15, 0.2) is 30.6 Å². The number of nitrogens with zero attached hydrogens (tertiary/aromatic N) is 1. The summed E-state index contributed by atoms with van der Waals surface area (Å²) in [7, 11) is 1.21. The molecule has 0 saturated carbocycles. The Morgan fingerprint density at radius 2 is 2.21 bits per heavy atom. The third-order valence-electron chi connectivity index (χ3n) is 2.43. The second kappa shape index (κ2) is 5.47. The van der Waals surface area contributed by atoms with E-state index in [1.807, 2.05) is 0 Å². The third-order valence-corrected chi connectivity index (χ3v) is 2.43. The lowest BCUT2D eigenvalue weighted by Crippen LogP contribution is -2.06. The average molecular weight is 268 g/mol. The van der Waals surface area contributed by atoms with Crippen molar-refractivity contribution in [3.05, 3.63) is 36.2 Å². The van der Waals surface area contributed by atoms with Crippen molar-refractivity contribution in [1.82, 2.24) is 10.2 Å². The number of ether oxygens (including phenoxy) is 2. The molecule has 0 atom stereocenters. The van der Waals surface area contributed by atoms with Crippen LogP contribution in [0.25, 0.3) is 11.1 Å². The highest BCUT2D eigenvalue weighted by molar-refractivity contribution is 5.91. The summed E-state index contributed by atoms with van der Waals surface area (Å²) >= 11 is 0. The Morgan fingerprint density at radius 3 is 2.79 bits per heavy atom. The zero-order valence-corrected chi connectivity index (χ0v) is 9.89. The quantitative estimate of drug-likeness (QED) is 0.865. The van der Waals surface area contributed by atoms with Gasteiger partial charge >= 0.3 is 12.6 Å². The van der Waals surface area contributed by atoms with Crippen LogP contribution >= 0.6 is 0 Å². The van der Waals surface area contributed by atoms with E-state index in [9.17, 15) is 13.6 Å². The number of carbonyl (C=O) groups excluding carboxylic acids is 1. The lowest BCUT2D eigenvalue weighted by Gasteiger charge is -2.10. The molecular formula is C12H10F2N2O3. The Labute approximate surface area is 107 Å². The predicted molar refractivity (Wildman–Crippen MR) is 62.0 cm³/mol. The Kier molecular flexibility index (Phi) is 3.74. The number of benzene rings is 1. The van der Waals surface area contributed by atoms with Crippen LogP contribution in [0.4, 0.5) is 8.78 Å². The normalized spacial score (nSPS) is 10.5. The largest absolute Gasteiger partial charge is 0.465 e. The number of carbonyl (C=O) groups is 1. The molecule has 0 amide bonds. The van der Waals surface area contributed by atoms with Crippen LogP contribution in [0.5, 0.6) is 5.75 Å². The summed E-state index contributed by atoms with van der Waals surface area (Å²) in [4.78, 5) is 11.4. The number of hydrogen-bond donors (Lipinski definition) is 1. The number of nitrogens with one attached hydrogen (secondary N) is 1. The Balaban J connectivity index is 2.46. The molecule has 0 fully saturated rings. The molecule has 1 N–H and O–H groups in total. The highest BCUT2D eigenvalue weighted by Gasteiger charge is 2.15. The maximum atomic E-state index is 12.4. The summed E-state index contributed by atoms with van der Waals surface area (Å²) in [5, 5.41) is 6.31. The molecule has 0 spiro atoms. The van der Waals surface area contributed by atoms with Crippen molar-refractivity contribution in [3.63, 3.8) is 0 Å². The number of aromatic nitrogens is 2. The van der Waals surface area contributed by atoms with Gasteiger partial charge in [0.1, 0.15) is 5.75 Å². The van der Waals surface area contributed by atoms with Gasteiger partial charge in [-0.3, -0.25) is 5.10 Å². The second-order valence-electron chi connectivity index (χ2n) is 3.57. The van der Waals surface area contributed by atoms with Gasteiger partial charge in [0.05, 0.1) is 18.9 Å². The van der Waals surface area contributed by atoms with Crippen molar-refractivity contribution in [1.29, 1.82) is 0 Å². The van der Waals surface area contributed by atoms with Gasteiger partial charge in [-0.15, -0.1) is 0 Å². The van der Waals surface area contributed by atoms with Crippen molar-refractivity contribution in [2.75, 3.05) is 7.11 Å². The van der Waals surface area contributed by atoms with Gasteiger partial charge in [0.2, 0.25) is 0 Å². The van der Waals surface area contributed by atoms with E-state index in [0.29, 0.717) is 11.1 Å². The average Bonchev–Trinajstić information content (AvgIpc) is 2.90. The molecule has 1 aromatic carbocycles. The molecule has 0 unspecified atom stereocenters.